The Morgan fingerprint density at radius 2 is 2.05 bits per heavy atom. The minimum absolute atomic E-state index is 0.0540. The third-order valence-corrected chi connectivity index (χ3v) is 3.42. The summed E-state index contributed by atoms with van der Waals surface area (Å²) in [5.41, 5.74) is 1.70. The van der Waals surface area contributed by atoms with Crippen LogP contribution in [-0.4, -0.2) is 18.0 Å². The lowest BCUT2D eigenvalue weighted by molar-refractivity contribution is -0.115. The molecule has 0 aliphatic rings. The molecule has 0 aliphatic heterocycles. The molecule has 0 aliphatic carbocycles. The number of hydrogen-bond donors (Lipinski definition) is 1. The summed E-state index contributed by atoms with van der Waals surface area (Å²) in [5.74, 6) is 0.699. The summed E-state index contributed by atoms with van der Waals surface area (Å²) in [6.45, 7) is 0. The molecule has 0 fully saturated rings. The highest BCUT2D eigenvalue weighted by molar-refractivity contribution is 5.95. The summed E-state index contributed by atoms with van der Waals surface area (Å²) in [7, 11) is 1.61. The third-order valence-electron chi connectivity index (χ3n) is 3.42. The van der Waals surface area contributed by atoms with E-state index in [1.165, 1.54) is 0 Å². The first-order valence-corrected chi connectivity index (χ1v) is 7.01. The SMILES string of the molecule is COc1cccc(CC(=O)Nc2ccc3cnccc3c2)c1. The lowest BCUT2D eigenvalue weighted by atomic mass is 10.1. The molecule has 3 rings (SSSR count). The Hall–Kier alpha value is -2.88. The van der Waals surface area contributed by atoms with Crippen LogP contribution in [0.1, 0.15) is 5.56 Å². The fourth-order valence-electron chi connectivity index (χ4n) is 2.33. The Morgan fingerprint density at radius 3 is 2.91 bits per heavy atom. The highest BCUT2D eigenvalue weighted by Gasteiger charge is 2.06. The second kappa shape index (κ2) is 6.26. The van der Waals surface area contributed by atoms with Crippen LogP contribution in [0.25, 0.3) is 10.8 Å². The first-order valence-electron chi connectivity index (χ1n) is 7.01. The number of amides is 1. The van der Waals surface area contributed by atoms with E-state index >= 15 is 0 Å². The first kappa shape index (κ1) is 14.1. The van der Waals surface area contributed by atoms with Gasteiger partial charge in [-0.2, -0.15) is 0 Å². The van der Waals surface area contributed by atoms with Crippen LogP contribution in [0.15, 0.2) is 60.9 Å². The zero-order valence-corrected chi connectivity index (χ0v) is 12.2. The zero-order chi connectivity index (χ0) is 15.4. The third kappa shape index (κ3) is 3.23. The van der Waals surface area contributed by atoms with Crippen molar-refractivity contribution >= 4 is 22.4 Å². The number of nitrogens with zero attached hydrogens (tertiary/aromatic N) is 1. The molecule has 0 saturated carbocycles. The number of pyridine rings is 1. The van der Waals surface area contributed by atoms with Crippen LogP contribution in [0.3, 0.4) is 0 Å². The van der Waals surface area contributed by atoms with E-state index in [0.717, 1.165) is 27.8 Å². The number of rotatable bonds is 4. The fraction of sp³-hybridized carbons (Fsp3) is 0.111. The molecule has 22 heavy (non-hydrogen) atoms. The van der Waals surface area contributed by atoms with Crippen molar-refractivity contribution in [1.82, 2.24) is 4.98 Å². The number of benzene rings is 2. The quantitative estimate of drug-likeness (QED) is 0.801. The lowest BCUT2D eigenvalue weighted by Gasteiger charge is -2.07. The normalized spacial score (nSPS) is 10.4. The number of aromatic nitrogens is 1. The molecule has 0 unspecified atom stereocenters. The maximum atomic E-state index is 12.2. The minimum Gasteiger partial charge on any atom is -0.497 e. The van der Waals surface area contributed by atoms with Gasteiger partial charge < -0.3 is 10.1 Å². The molecule has 0 spiro atoms. The van der Waals surface area contributed by atoms with Crippen LogP contribution < -0.4 is 10.1 Å². The monoisotopic (exact) mass is 292 g/mol. The molecule has 0 bridgehead atoms. The van der Waals surface area contributed by atoms with Gasteiger partial charge >= 0.3 is 0 Å². The number of carbonyl (C=O) groups is 1. The number of nitrogens with one attached hydrogen (secondary N) is 1. The lowest BCUT2D eigenvalue weighted by Crippen LogP contribution is -2.14. The summed E-state index contributed by atoms with van der Waals surface area (Å²) < 4.78 is 5.17. The standard InChI is InChI=1S/C18H16N2O2/c1-22-17-4-2-3-13(9-17)10-18(21)20-16-6-5-15-12-19-8-7-14(15)11-16/h2-9,11-12H,10H2,1H3,(H,20,21). The molecular weight excluding hydrogens is 276 g/mol. The van der Waals surface area contributed by atoms with E-state index < -0.39 is 0 Å². The van der Waals surface area contributed by atoms with Crippen LogP contribution in [0, 0.1) is 0 Å². The van der Waals surface area contributed by atoms with Gasteiger partial charge in [0.15, 0.2) is 0 Å². The van der Waals surface area contributed by atoms with Gasteiger partial charge in [0.1, 0.15) is 5.75 Å². The van der Waals surface area contributed by atoms with Crippen molar-refractivity contribution in [3.8, 4) is 5.75 Å². The van der Waals surface area contributed by atoms with Crippen LogP contribution in [-0.2, 0) is 11.2 Å². The summed E-state index contributed by atoms with van der Waals surface area (Å²) >= 11 is 0. The van der Waals surface area contributed by atoms with Crippen molar-refractivity contribution in [2.24, 2.45) is 0 Å². The number of ether oxygens (including phenoxy) is 1. The van der Waals surface area contributed by atoms with Gasteiger partial charge in [0.05, 0.1) is 13.5 Å². The summed E-state index contributed by atoms with van der Waals surface area (Å²) in [6, 6.07) is 15.2. The molecule has 4 heteroatoms. The molecule has 2 aromatic carbocycles. The Labute approximate surface area is 128 Å². The summed E-state index contributed by atoms with van der Waals surface area (Å²) in [5, 5.41) is 5.02. The Kier molecular flexibility index (Phi) is 4.01. The number of fused-ring (bicyclic) bond motifs is 1. The number of methoxy groups -OCH3 is 1. The van der Waals surface area contributed by atoms with E-state index in [1.807, 2.05) is 48.5 Å². The molecule has 3 aromatic rings. The highest BCUT2D eigenvalue weighted by Crippen LogP contribution is 2.18. The van der Waals surface area contributed by atoms with E-state index in [-0.39, 0.29) is 5.91 Å². The van der Waals surface area contributed by atoms with Gasteiger partial charge in [-0.1, -0.05) is 18.2 Å². The van der Waals surface area contributed by atoms with Gasteiger partial charge in [0.25, 0.3) is 0 Å². The van der Waals surface area contributed by atoms with Crippen LogP contribution in [0.4, 0.5) is 5.69 Å². The smallest absolute Gasteiger partial charge is 0.228 e. The van der Waals surface area contributed by atoms with Gasteiger partial charge in [-0.25, -0.2) is 0 Å². The number of anilines is 1. The molecule has 1 aromatic heterocycles. The number of hydrogen-bond acceptors (Lipinski definition) is 3. The van der Waals surface area contributed by atoms with Gasteiger partial charge in [-0.15, -0.1) is 0 Å². The Bertz CT molecular complexity index is 815. The molecule has 1 N–H and O–H groups in total. The van der Waals surface area contributed by atoms with Crippen molar-refractivity contribution in [1.29, 1.82) is 0 Å². The van der Waals surface area contributed by atoms with E-state index in [2.05, 4.69) is 10.3 Å². The van der Waals surface area contributed by atoms with Crippen molar-refractivity contribution < 1.29 is 9.53 Å². The minimum atomic E-state index is -0.0540. The molecule has 0 saturated heterocycles. The van der Waals surface area contributed by atoms with E-state index in [1.54, 1.807) is 19.5 Å². The topological polar surface area (TPSA) is 51.2 Å². The van der Waals surface area contributed by atoms with Crippen LogP contribution in [0.5, 0.6) is 5.75 Å². The van der Waals surface area contributed by atoms with Gasteiger partial charge in [0, 0.05) is 23.5 Å². The number of carbonyl (C=O) groups excluding carboxylic acids is 1. The maximum absolute atomic E-state index is 12.2. The average Bonchev–Trinajstić information content (AvgIpc) is 2.55. The summed E-state index contributed by atoms with van der Waals surface area (Å²) in [4.78, 5) is 16.2. The predicted octanol–water partition coefficient (Wildman–Crippen LogP) is 3.42. The van der Waals surface area contributed by atoms with E-state index in [0.29, 0.717) is 6.42 Å². The predicted molar refractivity (Wildman–Crippen MR) is 87.1 cm³/mol. The fourth-order valence-corrected chi connectivity index (χ4v) is 2.33. The largest absolute Gasteiger partial charge is 0.497 e. The average molecular weight is 292 g/mol. The molecule has 110 valence electrons. The molecular formula is C18H16N2O2. The molecule has 0 radical (unpaired) electrons. The molecule has 1 heterocycles. The Morgan fingerprint density at radius 1 is 1.14 bits per heavy atom. The second-order valence-electron chi connectivity index (χ2n) is 5.01. The van der Waals surface area contributed by atoms with Gasteiger partial charge in [-0.05, 0) is 41.3 Å². The van der Waals surface area contributed by atoms with Crippen molar-refractivity contribution in [3.63, 3.8) is 0 Å². The van der Waals surface area contributed by atoms with Gasteiger partial charge in [0.2, 0.25) is 5.91 Å². The molecule has 4 nitrogen and oxygen atoms in total. The van der Waals surface area contributed by atoms with Crippen LogP contribution >= 0.6 is 0 Å². The molecule has 1 amide bonds. The zero-order valence-electron chi connectivity index (χ0n) is 12.2. The summed E-state index contributed by atoms with van der Waals surface area (Å²) in [6.07, 6.45) is 3.85. The Balaban J connectivity index is 1.72. The van der Waals surface area contributed by atoms with Gasteiger partial charge in [-0.3, -0.25) is 9.78 Å². The second-order valence-corrected chi connectivity index (χ2v) is 5.01. The maximum Gasteiger partial charge on any atom is 0.228 e. The van der Waals surface area contributed by atoms with Crippen molar-refractivity contribution in [2.75, 3.05) is 12.4 Å². The molecule has 0 atom stereocenters. The van der Waals surface area contributed by atoms with Crippen LogP contribution in [0.2, 0.25) is 0 Å². The van der Waals surface area contributed by atoms with Crippen molar-refractivity contribution in [2.45, 2.75) is 6.42 Å². The highest BCUT2D eigenvalue weighted by atomic mass is 16.5. The van der Waals surface area contributed by atoms with E-state index in [4.69, 9.17) is 4.74 Å². The first-order chi connectivity index (χ1) is 10.7. The van der Waals surface area contributed by atoms with Crippen molar-refractivity contribution in [3.05, 3.63) is 66.5 Å². The van der Waals surface area contributed by atoms with E-state index in [9.17, 15) is 4.79 Å².